The van der Waals surface area contributed by atoms with E-state index in [1.807, 2.05) is 0 Å². The summed E-state index contributed by atoms with van der Waals surface area (Å²) >= 11 is 5.57. The van der Waals surface area contributed by atoms with Crippen molar-refractivity contribution in [3.8, 4) is 0 Å². The Labute approximate surface area is 105 Å². The molecule has 1 N–H and O–H groups in total. The molecule has 0 aliphatic heterocycles. The zero-order valence-corrected chi connectivity index (χ0v) is 9.87. The van der Waals surface area contributed by atoms with Crippen LogP contribution in [0.4, 0.5) is 14.5 Å². The van der Waals surface area contributed by atoms with Gasteiger partial charge in [0.15, 0.2) is 0 Å². The van der Waals surface area contributed by atoms with Gasteiger partial charge in [-0.15, -0.1) is 0 Å². The lowest BCUT2D eigenvalue weighted by molar-refractivity contribution is -0.385. The third-order valence-corrected chi connectivity index (χ3v) is 2.68. The molecule has 0 radical (unpaired) electrons. The van der Waals surface area contributed by atoms with Gasteiger partial charge in [0.2, 0.25) is 0 Å². The summed E-state index contributed by atoms with van der Waals surface area (Å²) in [6.07, 6.45) is -0.130. The second-order valence-corrected chi connectivity index (χ2v) is 3.82. The van der Waals surface area contributed by atoms with Gasteiger partial charge in [-0.1, -0.05) is 24.6 Å². The second-order valence-electron chi connectivity index (χ2n) is 3.41. The monoisotopic (exact) mass is 279 g/mol. The van der Waals surface area contributed by atoms with E-state index in [0.29, 0.717) is 0 Å². The van der Waals surface area contributed by atoms with Crippen LogP contribution in [-0.4, -0.2) is 16.0 Å². The summed E-state index contributed by atoms with van der Waals surface area (Å²) in [6, 6.07) is 1.69. The van der Waals surface area contributed by atoms with Gasteiger partial charge in [-0.05, 0) is 12.5 Å². The SMILES string of the molecule is CCc1c(C(F)(F)C(=O)O)ccc(Cl)c1[N+](=O)[O-]. The van der Waals surface area contributed by atoms with E-state index in [2.05, 4.69) is 0 Å². The zero-order valence-electron chi connectivity index (χ0n) is 9.11. The third-order valence-electron chi connectivity index (χ3n) is 2.38. The molecule has 0 atom stereocenters. The first-order valence-corrected chi connectivity index (χ1v) is 5.18. The zero-order chi connectivity index (χ0) is 14.1. The molecule has 8 heteroatoms. The fourth-order valence-electron chi connectivity index (χ4n) is 1.57. The maximum Gasteiger partial charge on any atom is 0.379 e. The average molecular weight is 280 g/mol. The van der Waals surface area contributed by atoms with Gasteiger partial charge in [0, 0.05) is 11.1 Å². The molecule has 0 saturated heterocycles. The predicted octanol–water partition coefficient (Wildman–Crippen LogP) is 2.99. The number of nitro groups is 1. The minimum absolute atomic E-state index is 0.130. The number of hydrogen-bond acceptors (Lipinski definition) is 3. The van der Waals surface area contributed by atoms with Crippen molar-refractivity contribution in [2.24, 2.45) is 0 Å². The van der Waals surface area contributed by atoms with Crippen LogP contribution in [0.3, 0.4) is 0 Å². The van der Waals surface area contributed by atoms with Crippen LogP contribution in [0.15, 0.2) is 12.1 Å². The Bertz CT molecular complexity index is 519. The van der Waals surface area contributed by atoms with Crippen molar-refractivity contribution in [3.05, 3.63) is 38.4 Å². The molecule has 0 aliphatic carbocycles. The van der Waals surface area contributed by atoms with Gasteiger partial charge in [-0.3, -0.25) is 10.1 Å². The molecule has 0 heterocycles. The van der Waals surface area contributed by atoms with Gasteiger partial charge in [0.25, 0.3) is 5.69 Å². The van der Waals surface area contributed by atoms with Crippen LogP contribution in [0.2, 0.25) is 5.02 Å². The van der Waals surface area contributed by atoms with Crippen LogP contribution in [0.25, 0.3) is 0 Å². The quantitative estimate of drug-likeness (QED) is 0.678. The van der Waals surface area contributed by atoms with Crippen molar-refractivity contribution in [1.29, 1.82) is 0 Å². The molecule has 0 saturated carbocycles. The molecule has 5 nitrogen and oxygen atoms in total. The molecule has 1 aromatic rings. The van der Waals surface area contributed by atoms with Gasteiger partial charge in [-0.25, -0.2) is 4.79 Å². The number of hydrogen-bond donors (Lipinski definition) is 1. The Morgan fingerprint density at radius 1 is 1.56 bits per heavy atom. The molecule has 1 aromatic carbocycles. The number of rotatable bonds is 4. The van der Waals surface area contributed by atoms with Gasteiger partial charge in [0.1, 0.15) is 5.02 Å². The van der Waals surface area contributed by atoms with Crippen molar-refractivity contribution in [1.82, 2.24) is 0 Å². The van der Waals surface area contributed by atoms with E-state index >= 15 is 0 Å². The number of benzene rings is 1. The van der Waals surface area contributed by atoms with Crippen LogP contribution < -0.4 is 0 Å². The molecule has 0 fully saturated rings. The molecule has 0 unspecified atom stereocenters. The van der Waals surface area contributed by atoms with Crippen molar-refractivity contribution in [3.63, 3.8) is 0 Å². The van der Waals surface area contributed by atoms with E-state index in [1.165, 1.54) is 6.92 Å². The number of aliphatic carboxylic acids is 1. The summed E-state index contributed by atoms with van der Waals surface area (Å²) in [7, 11) is 0. The number of carboxylic acid groups (broad SMARTS) is 1. The summed E-state index contributed by atoms with van der Waals surface area (Å²) in [5.41, 5.74) is -1.97. The average Bonchev–Trinajstić information content (AvgIpc) is 2.27. The molecule has 0 amide bonds. The topological polar surface area (TPSA) is 80.4 Å². The highest BCUT2D eigenvalue weighted by Crippen LogP contribution is 2.39. The smallest absolute Gasteiger partial charge is 0.379 e. The van der Waals surface area contributed by atoms with E-state index in [1.54, 1.807) is 0 Å². The van der Waals surface area contributed by atoms with Gasteiger partial charge < -0.3 is 5.11 Å². The van der Waals surface area contributed by atoms with Crippen molar-refractivity contribution >= 4 is 23.3 Å². The molecule has 98 valence electrons. The predicted molar refractivity (Wildman–Crippen MR) is 59.0 cm³/mol. The van der Waals surface area contributed by atoms with Crippen LogP contribution in [0.5, 0.6) is 0 Å². The van der Waals surface area contributed by atoms with Crippen molar-refractivity contribution < 1.29 is 23.6 Å². The van der Waals surface area contributed by atoms with Gasteiger partial charge in [-0.2, -0.15) is 8.78 Å². The normalized spacial score (nSPS) is 11.3. The minimum Gasteiger partial charge on any atom is -0.477 e. The van der Waals surface area contributed by atoms with Crippen molar-refractivity contribution in [2.75, 3.05) is 0 Å². The Morgan fingerprint density at radius 3 is 2.50 bits per heavy atom. The van der Waals surface area contributed by atoms with Crippen LogP contribution in [0, 0.1) is 10.1 Å². The van der Waals surface area contributed by atoms with Gasteiger partial charge >= 0.3 is 11.9 Å². The molecular weight excluding hydrogens is 272 g/mol. The number of nitro benzene ring substituents is 1. The molecule has 0 spiro atoms. The first-order valence-electron chi connectivity index (χ1n) is 4.80. The lowest BCUT2D eigenvalue weighted by Gasteiger charge is -2.15. The van der Waals surface area contributed by atoms with E-state index in [4.69, 9.17) is 16.7 Å². The summed E-state index contributed by atoms with van der Waals surface area (Å²) in [5.74, 6) is -6.56. The molecule has 0 aromatic heterocycles. The van der Waals surface area contributed by atoms with Crippen molar-refractivity contribution in [2.45, 2.75) is 19.3 Å². The van der Waals surface area contributed by atoms with E-state index in [-0.39, 0.29) is 17.0 Å². The maximum atomic E-state index is 13.4. The van der Waals surface area contributed by atoms with Gasteiger partial charge in [0.05, 0.1) is 4.92 Å². The van der Waals surface area contributed by atoms with E-state index in [0.717, 1.165) is 12.1 Å². The fraction of sp³-hybridized carbons (Fsp3) is 0.300. The maximum absolute atomic E-state index is 13.4. The minimum atomic E-state index is -4.19. The summed E-state index contributed by atoms with van der Waals surface area (Å²) < 4.78 is 26.9. The third kappa shape index (κ3) is 2.26. The largest absolute Gasteiger partial charge is 0.477 e. The number of carbonyl (C=O) groups is 1. The van der Waals surface area contributed by atoms with Crippen LogP contribution >= 0.6 is 11.6 Å². The second kappa shape index (κ2) is 4.85. The summed E-state index contributed by atoms with van der Waals surface area (Å²) in [4.78, 5) is 20.4. The fourth-order valence-corrected chi connectivity index (χ4v) is 1.82. The first kappa shape index (κ1) is 14.3. The standard InChI is InChI=1S/C10H8ClF2NO4/c1-2-5-6(10(12,13)9(15)16)3-4-7(11)8(5)14(17)18/h3-4H,2H2,1H3,(H,15,16). The molecule has 18 heavy (non-hydrogen) atoms. The molecular formula is C10H8ClF2NO4. The number of carboxylic acids is 1. The Kier molecular flexibility index (Phi) is 3.85. The summed E-state index contributed by atoms with van der Waals surface area (Å²) in [6.45, 7) is 1.40. The molecule has 0 aliphatic rings. The number of halogens is 3. The van der Waals surface area contributed by atoms with Crippen LogP contribution in [0.1, 0.15) is 18.1 Å². The lowest BCUT2D eigenvalue weighted by Crippen LogP contribution is -2.27. The number of nitrogens with zero attached hydrogens (tertiary/aromatic N) is 1. The summed E-state index contributed by atoms with van der Waals surface area (Å²) in [5, 5.41) is 18.9. The highest BCUT2D eigenvalue weighted by atomic mass is 35.5. The lowest BCUT2D eigenvalue weighted by atomic mass is 9.98. The number of alkyl halides is 2. The first-order chi connectivity index (χ1) is 8.23. The Morgan fingerprint density at radius 2 is 2.11 bits per heavy atom. The van der Waals surface area contributed by atoms with E-state index in [9.17, 15) is 23.7 Å². The van der Waals surface area contributed by atoms with Crippen LogP contribution in [-0.2, 0) is 17.1 Å². The Hall–Kier alpha value is -1.76. The Balaban J connectivity index is 3.62. The molecule has 1 rings (SSSR count). The van der Waals surface area contributed by atoms with E-state index < -0.39 is 28.1 Å². The highest BCUT2D eigenvalue weighted by molar-refractivity contribution is 6.32. The highest BCUT2D eigenvalue weighted by Gasteiger charge is 2.44. The molecule has 0 bridgehead atoms.